The van der Waals surface area contributed by atoms with Crippen LogP contribution in [0.15, 0.2) is 24.3 Å². The fraction of sp³-hybridized carbons (Fsp3) is 0.438. The SMILES string of the molecule is O=C(O)C1[C@H]2CCCC2CN1C(=O)c1nc2ccccc2[nH]1. The lowest BCUT2D eigenvalue weighted by Crippen LogP contribution is -2.43. The van der Waals surface area contributed by atoms with Crippen molar-refractivity contribution < 1.29 is 14.7 Å². The van der Waals surface area contributed by atoms with Crippen molar-refractivity contribution >= 4 is 22.9 Å². The topological polar surface area (TPSA) is 86.3 Å². The highest BCUT2D eigenvalue weighted by atomic mass is 16.4. The average Bonchev–Trinajstić information content (AvgIpc) is 3.18. The first kappa shape index (κ1) is 13.3. The molecule has 1 aromatic carbocycles. The van der Waals surface area contributed by atoms with Crippen LogP contribution < -0.4 is 0 Å². The maximum Gasteiger partial charge on any atom is 0.326 e. The molecule has 2 N–H and O–H groups in total. The molecule has 4 rings (SSSR count). The van der Waals surface area contributed by atoms with Crippen molar-refractivity contribution in [1.82, 2.24) is 14.9 Å². The van der Waals surface area contributed by atoms with Gasteiger partial charge in [-0.15, -0.1) is 0 Å². The third kappa shape index (κ3) is 1.90. The Hall–Kier alpha value is -2.37. The van der Waals surface area contributed by atoms with Gasteiger partial charge in [-0.1, -0.05) is 18.6 Å². The maximum atomic E-state index is 12.7. The van der Waals surface area contributed by atoms with Gasteiger partial charge in [-0.25, -0.2) is 9.78 Å². The summed E-state index contributed by atoms with van der Waals surface area (Å²) in [6.45, 7) is 0.525. The molecule has 1 aromatic heterocycles. The number of imidazole rings is 1. The van der Waals surface area contributed by atoms with Gasteiger partial charge in [0.05, 0.1) is 11.0 Å². The summed E-state index contributed by atoms with van der Waals surface area (Å²) in [6, 6.07) is 6.70. The van der Waals surface area contributed by atoms with Crippen LogP contribution in [-0.2, 0) is 4.79 Å². The molecule has 1 aliphatic carbocycles. The molecular formula is C16H17N3O3. The number of carboxylic acids is 1. The predicted octanol–water partition coefficient (Wildman–Crippen LogP) is 1.89. The number of fused-ring (bicyclic) bond motifs is 2. The second kappa shape index (κ2) is 4.83. The average molecular weight is 299 g/mol. The van der Waals surface area contributed by atoms with Gasteiger partial charge in [0, 0.05) is 6.54 Å². The molecule has 2 fully saturated rings. The summed E-state index contributed by atoms with van der Waals surface area (Å²) in [6.07, 6.45) is 2.97. The maximum absolute atomic E-state index is 12.7. The van der Waals surface area contributed by atoms with Crippen molar-refractivity contribution in [3.63, 3.8) is 0 Å². The van der Waals surface area contributed by atoms with Crippen LogP contribution in [0.2, 0.25) is 0 Å². The molecule has 2 unspecified atom stereocenters. The minimum absolute atomic E-state index is 0.0887. The summed E-state index contributed by atoms with van der Waals surface area (Å²) < 4.78 is 0. The highest BCUT2D eigenvalue weighted by Gasteiger charge is 2.50. The van der Waals surface area contributed by atoms with Crippen LogP contribution in [-0.4, -0.2) is 44.4 Å². The Balaban J connectivity index is 1.68. The van der Waals surface area contributed by atoms with Crippen LogP contribution >= 0.6 is 0 Å². The zero-order valence-corrected chi connectivity index (χ0v) is 12.0. The minimum Gasteiger partial charge on any atom is -0.480 e. The van der Waals surface area contributed by atoms with Gasteiger partial charge in [0.2, 0.25) is 0 Å². The summed E-state index contributed by atoms with van der Waals surface area (Å²) in [5.41, 5.74) is 1.51. The summed E-state index contributed by atoms with van der Waals surface area (Å²) in [5.74, 6) is -0.579. The zero-order valence-electron chi connectivity index (χ0n) is 12.0. The lowest BCUT2D eigenvalue weighted by molar-refractivity contribution is -0.142. The van der Waals surface area contributed by atoms with E-state index in [2.05, 4.69) is 9.97 Å². The summed E-state index contributed by atoms with van der Waals surface area (Å²) in [5, 5.41) is 9.54. The van der Waals surface area contributed by atoms with Crippen LogP contribution in [0.3, 0.4) is 0 Å². The number of carbonyl (C=O) groups excluding carboxylic acids is 1. The van der Waals surface area contributed by atoms with E-state index in [4.69, 9.17) is 0 Å². The number of aliphatic carboxylic acids is 1. The number of hydrogen-bond donors (Lipinski definition) is 2. The monoisotopic (exact) mass is 299 g/mol. The Labute approximate surface area is 127 Å². The second-order valence-electron chi connectivity index (χ2n) is 6.20. The molecule has 6 nitrogen and oxygen atoms in total. The second-order valence-corrected chi connectivity index (χ2v) is 6.20. The van der Waals surface area contributed by atoms with Crippen molar-refractivity contribution in [3.8, 4) is 0 Å². The quantitative estimate of drug-likeness (QED) is 0.886. The van der Waals surface area contributed by atoms with Crippen molar-refractivity contribution in [3.05, 3.63) is 30.1 Å². The lowest BCUT2D eigenvalue weighted by Gasteiger charge is -2.23. The van der Waals surface area contributed by atoms with Gasteiger partial charge >= 0.3 is 5.97 Å². The molecule has 1 saturated heterocycles. The standard InChI is InChI=1S/C16H17N3O3/c20-15(14-17-11-6-1-2-7-12(11)18-14)19-8-9-4-3-5-10(9)13(19)16(21)22/h1-2,6-7,9-10,13H,3-5,8H2,(H,17,18)(H,21,22)/t9?,10-,13?/m0/s1. The van der Waals surface area contributed by atoms with E-state index in [1.54, 1.807) is 0 Å². The van der Waals surface area contributed by atoms with Gasteiger partial charge in [-0.05, 0) is 36.8 Å². The number of benzene rings is 1. The van der Waals surface area contributed by atoms with Gasteiger partial charge in [-0.3, -0.25) is 4.79 Å². The smallest absolute Gasteiger partial charge is 0.326 e. The van der Waals surface area contributed by atoms with Gasteiger partial charge in [0.15, 0.2) is 5.82 Å². The van der Waals surface area contributed by atoms with E-state index in [1.165, 1.54) is 4.90 Å². The first-order valence-electron chi connectivity index (χ1n) is 7.63. The largest absolute Gasteiger partial charge is 0.480 e. The molecule has 1 saturated carbocycles. The molecule has 0 spiro atoms. The molecule has 3 atom stereocenters. The van der Waals surface area contributed by atoms with E-state index in [9.17, 15) is 14.7 Å². The van der Waals surface area contributed by atoms with Crippen LogP contribution in [0.5, 0.6) is 0 Å². The summed E-state index contributed by atoms with van der Waals surface area (Å²) in [4.78, 5) is 33.2. The minimum atomic E-state index is -0.904. The third-order valence-electron chi connectivity index (χ3n) is 5.00. The Morgan fingerprint density at radius 3 is 2.86 bits per heavy atom. The number of para-hydroxylation sites is 2. The number of hydrogen-bond acceptors (Lipinski definition) is 3. The normalized spacial score (nSPS) is 27.3. The van der Waals surface area contributed by atoms with E-state index in [1.807, 2.05) is 24.3 Å². The summed E-state index contributed by atoms with van der Waals surface area (Å²) in [7, 11) is 0. The molecule has 2 aliphatic rings. The Morgan fingerprint density at radius 2 is 2.09 bits per heavy atom. The van der Waals surface area contributed by atoms with Gasteiger partial charge in [0.25, 0.3) is 5.91 Å². The number of H-pyrrole nitrogens is 1. The van der Waals surface area contributed by atoms with Gasteiger partial charge in [0.1, 0.15) is 6.04 Å². The van der Waals surface area contributed by atoms with Gasteiger partial charge < -0.3 is 15.0 Å². The molecule has 6 heteroatoms. The number of nitrogens with one attached hydrogen (secondary N) is 1. The number of likely N-dealkylation sites (tertiary alicyclic amines) is 1. The third-order valence-corrected chi connectivity index (χ3v) is 5.00. The van der Waals surface area contributed by atoms with Crippen molar-refractivity contribution in [2.45, 2.75) is 25.3 Å². The van der Waals surface area contributed by atoms with Crippen LogP contribution in [0, 0.1) is 11.8 Å². The lowest BCUT2D eigenvalue weighted by atomic mass is 9.94. The Kier molecular flexibility index (Phi) is 2.92. The fourth-order valence-electron chi connectivity index (χ4n) is 4.02. The van der Waals surface area contributed by atoms with Crippen molar-refractivity contribution in [1.29, 1.82) is 0 Å². The fourth-order valence-corrected chi connectivity index (χ4v) is 4.02. The molecule has 1 aliphatic heterocycles. The molecule has 2 heterocycles. The van der Waals surface area contributed by atoms with E-state index in [-0.39, 0.29) is 17.6 Å². The van der Waals surface area contributed by atoms with E-state index in [0.29, 0.717) is 12.5 Å². The first-order chi connectivity index (χ1) is 10.6. The number of amides is 1. The molecule has 114 valence electrons. The number of aromatic nitrogens is 2. The number of nitrogens with zero attached hydrogens (tertiary/aromatic N) is 2. The van der Waals surface area contributed by atoms with Gasteiger partial charge in [-0.2, -0.15) is 0 Å². The molecule has 22 heavy (non-hydrogen) atoms. The Bertz CT molecular complexity index is 721. The Morgan fingerprint density at radius 1 is 1.27 bits per heavy atom. The van der Waals surface area contributed by atoms with Crippen molar-refractivity contribution in [2.75, 3.05) is 6.54 Å². The zero-order chi connectivity index (χ0) is 15.3. The summed E-state index contributed by atoms with van der Waals surface area (Å²) >= 11 is 0. The molecule has 2 aromatic rings. The first-order valence-corrected chi connectivity index (χ1v) is 7.63. The van der Waals surface area contributed by atoms with Crippen LogP contribution in [0.4, 0.5) is 0 Å². The highest BCUT2D eigenvalue weighted by molar-refractivity contribution is 5.96. The van der Waals surface area contributed by atoms with E-state index in [0.717, 1.165) is 30.3 Å². The number of aromatic amines is 1. The number of carboxylic acid groups (broad SMARTS) is 1. The molecule has 0 bridgehead atoms. The molecular weight excluding hydrogens is 282 g/mol. The number of rotatable bonds is 2. The van der Waals surface area contributed by atoms with Crippen LogP contribution in [0.1, 0.15) is 29.9 Å². The number of carbonyl (C=O) groups is 2. The van der Waals surface area contributed by atoms with E-state index < -0.39 is 12.0 Å². The van der Waals surface area contributed by atoms with E-state index >= 15 is 0 Å². The van der Waals surface area contributed by atoms with Crippen molar-refractivity contribution in [2.24, 2.45) is 11.8 Å². The molecule has 0 radical (unpaired) electrons. The highest BCUT2D eigenvalue weighted by Crippen LogP contribution is 2.42. The molecule has 1 amide bonds. The van der Waals surface area contributed by atoms with Crippen LogP contribution in [0.25, 0.3) is 11.0 Å². The predicted molar refractivity (Wildman–Crippen MR) is 79.4 cm³/mol.